The molecule has 6 atom stereocenters. The molecule has 3 aliphatic carbocycles. The summed E-state index contributed by atoms with van der Waals surface area (Å²) in [6.07, 6.45) is 2.02. The van der Waals surface area contributed by atoms with Gasteiger partial charge in [0.1, 0.15) is 11.6 Å². The van der Waals surface area contributed by atoms with Crippen LogP contribution < -0.4 is 16.0 Å². The van der Waals surface area contributed by atoms with E-state index in [1.165, 1.54) is 19.0 Å². The molecule has 5 rings (SSSR count). The Kier molecular flexibility index (Phi) is 6.65. The molecule has 0 radical (unpaired) electrons. The molecule has 41 heavy (non-hydrogen) atoms. The number of primary amides is 1. The summed E-state index contributed by atoms with van der Waals surface area (Å²) in [4.78, 5) is 77.3. The van der Waals surface area contributed by atoms with Crippen molar-refractivity contribution in [3.8, 4) is 5.75 Å². The number of halogens is 1. The first-order chi connectivity index (χ1) is 19.2. The van der Waals surface area contributed by atoms with Crippen LogP contribution in [0.1, 0.15) is 22.3 Å². The van der Waals surface area contributed by atoms with Crippen LogP contribution in [0.15, 0.2) is 18.5 Å². The van der Waals surface area contributed by atoms with Crippen LogP contribution in [-0.2, 0) is 25.6 Å². The van der Waals surface area contributed by atoms with Crippen molar-refractivity contribution >= 4 is 46.2 Å². The Morgan fingerprint density at radius 3 is 2.37 bits per heavy atom. The summed E-state index contributed by atoms with van der Waals surface area (Å²) in [5, 5.41) is 25.7. The van der Waals surface area contributed by atoms with E-state index in [1.807, 2.05) is 0 Å². The van der Waals surface area contributed by atoms with Gasteiger partial charge < -0.3 is 26.2 Å². The molecular formula is C27H29FN6O7. The monoisotopic (exact) mass is 568 g/mol. The second-order valence-electron chi connectivity index (χ2n) is 11.2. The lowest BCUT2D eigenvalue weighted by molar-refractivity contribution is -0.181. The van der Waals surface area contributed by atoms with Gasteiger partial charge >= 0.3 is 0 Å². The number of aromatic nitrogens is 2. The fraction of sp³-hybridized carbons (Fsp3) is 0.444. The number of ketones is 4. The van der Waals surface area contributed by atoms with Crippen LogP contribution in [0.4, 0.5) is 21.6 Å². The number of aliphatic hydroxyl groups is 1. The van der Waals surface area contributed by atoms with Gasteiger partial charge in [-0.3, -0.25) is 28.9 Å². The van der Waals surface area contributed by atoms with Crippen molar-refractivity contribution in [2.75, 3.05) is 38.4 Å². The maximum absolute atomic E-state index is 14.0. The second kappa shape index (κ2) is 9.66. The summed E-state index contributed by atoms with van der Waals surface area (Å²) in [5.74, 6) is -12.1. The topological polar surface area (TPSA) is 196 Å². The summed E-state index contributed by atoms with van der Waals surface area (Å²) in [7, 11) is 6.49. The first kappa shape index (κ1) is 28.2. The number of carbonyl (C=O) groups excluding carboxylic acids is 5. The third kappa shape index (κ3) is 4.08. The molecule has 216 valence electrons. The van der Waals surface area contributed by atoms with Gasteiger partial charge in [-0.15, -0.1) is 0 Å². The van der Waals surface area contributed by atoms with Crippen molar-refractivity contribution < 1.29 is 38.6 Å². The van der Waals surface area contributed by atoms with E-state index in [0.29, 0.717) is 11.3 Å². The second-order valence-corrected chi connectivity index (χ2v) is 11.2. The molecule has 0 bridgehead atoms. The van der Waals surface area contributed by atoms with Crippen LogP contribution in [0, 0.1) is 29.6 Å². The predicted molar refractivity (Wildman–Crippen MR) is 141 cm³/mol. The average molecular weight is 569 g/mol. The summed E-state index contributed by atoms with van der Waals surface area (Å²) in [6, 6.07) is 0.392. The smallest absolute Gasteiger partial charge is 0.235 e. The van der Waals surface area contributed by atoms with E-state index in [4.69, 9.17) is 5.73 Å². The van der Waals surface area contributed by atoms with Crippen LogP contribution in [0.25, 0.3) is 0 Å². The molecule has 2 aromatic rings. The van der Waals surface area contributed by atoms with Gasteiger partial charge in [0.2, 0.25) is 11.9 Å². The number of hydrogen-bond donors (Lipinski definition) is 4. The highest BCUT2D eigenvalue weighted by Gasteiger charge is 2.69. The normalized spacial score (nSPS) is 29.1. The number of aromatic hydroxyl groups is 1. The minimum absolute atomic E-state index is 0.0285. The van der Waals surface area contributed by atoms with Crippen LogP contribution in [0.5, 0.6) is 5.75 Å². The van der Waals surface area contributed by atoms with E-state index in [1.54, 1.807) is 25.1 Å². The third-order valence-electron chi connectivity index (χ3n) is 8.40. The van der Waals surface area contributed by atoms with Gasteiger partial charge in [0.15, 0.2) is 34.7 Å². The standard InChI is InChI=1S/C27H29FN6O7/c1-33(2)14-7-13(32-16-9-30-15(28)8-31-16)21(35)18-11(14)5-10-6-12-20(34(3)4)23(37)19(26(29)40)25(39)27(12,41)24(38)17(10)22(18)36/h7-10,12,17,19-20,35,41H,5-6H2,1-4H3,(H2,29,40)(H,31,32)/t10?,12?,17?,19?,20-,27-/m0/s1. The van der Waals surface area contributed by atoms with E-state index in [9.17, 15) is 38.6 Å². The van der Waals surface area contributed by atoms with Gasteiger partial charge in [-0.1, -0.05) is 0 Å². The number of nitrogens with one attached hydrogen (secondary N) is 1. The molecule has 2 saturated carbocycles. The number of benzene rings is 1. The highest BCUT2D eigenvalue weighted by atomic mass is 19.1. The van der Waals surface area contributed by atoms with Crippen molar-refractivity contribution in [2.24, 2.45) is 29.4 Å². The molecule has 3 aliphatic rings. The van der Waals surface area contributed by atoms with Crippen molar-refractivity contribution in [1.82, 2.24) is 14.9 Å². The molecule has 4 unspecified atom stereocenters. The summed E-state index contributed by atoms with van der Waals surface area (Å²) in [5.41, 5.74) is 3.36. The van der Waals surface area contributed by atoms with Crippen LogP contribution >= 0.6 is 0 Å². The van der Waals surface area contributed by atoms with Gasteiger partial charge in [0, 0.05) is 25.7 Å². The molecule has 14 heteroatoms. The number of nitrogens with two attached hydrogens (primary N) is 1. The number of Topliss-reactive ketones (excluding diaryl/α,β-unsaturated/α-hetero) is 4. The molecule has 13 nitrogen and oxygen atoms in total. The van der Waals surface area contributed by atoms with E-state index in [0.717, 1.165) is 12.4 Å². The molecule has 1 aromatic carbocycles. The molecule has 5 N–H and O–H groups in total. The highest BCUT2D eigenvalue weighted by Crippen LogP contribution is 2.52. The largest absolute Gasteiger partial charge is 0.505 e. The maximum Gasteiger partial charge on any atom is 0.235 e. The Morgan fingerprint density at radius 2 is 1.80 bits per heavy atom. The summed E-state index contributed by atoms with van der Waals surface area (Å²) < 4.78 is 13.3. The minimum Gasteiger partial charge on any atom is -0.505 e. The zero-order valence-electron chi connectivity index (χ0n) is 22.7. The zero-order chi connectivity index (χ0) is 30.1. The van der Waals surface area contributed by atoms with E-state index < -0.39 is 76.1 Å². The van der Waals surface area contributed by atoms with Crippen molar-refractivity contribution in [1.29, 1.82) is 0 Å². The molecule has 2 fully saturated rings. The fourth-order valence-corrected chi connectivity index (χ4v) is 6.66. The number of nitrogens with zero attached hydrogens (tertiary/aromatic N) is 4. The molecule has 0 spiro atoms. The van der Waals surface area contributed by atoms with E-state index >= 15 is 0 Å². The first-order valence-corrected chi connectivity index (χ1v) is 12.9. The first-order valence-electron chi connectivity index (χ1n) is 12.9. The molecule has 1 amide bonds. The molecule has 0 aliphatic heterocycles. The van der Waals surface area contributed by atoms with Gasteiger partial charge in [-0.2, -0.15) is 4.39 Å². The summed E-state index contributed by atoms with van der Waals surface area (Å²) in [6.45, 7) is 0. The van der Waals surface area contributed by atoms with Crippen LogP contribution in [0.2, 0.25) is 0 Å². The van der Waals surface area contributed by atoms with E-state index in [-0.39, 0.29) is 29.9 Å². The lowest BCUT2D eigenvalue weighted by Crippen LogP contribution is -2.74. The van der Waals surface area contributed by atoms with Crippen molar-refractivity contribution in [2.45, 2.75) is 24.5 Å². The number of carbonyl (C=O) groups is 5. The SMILES string of the molecule is CN(C)c1cc(Nc2cnc(F)cn2)c(O)c2c1CC1CC3[C@H](N(C)C)C(=O)C(C(N)=O)C(=O)[C@@]3(O)C(=O)C1C2=O. The Labute approximate surface area is 233 Å². The molecule has 1 aromatic heterocycles. The lowest BCUT2D eigenvalue weighted by atomic mass is 9.52. The quantitative estimate of drug-likeness (QED) is 0.270. The molecular weight excluding hydrogens is 539 g/mol. The number of likely N-dealkylation sites (N-methyl/N-ethyl adjacent to an activating group) is 1. The number of amides is 1. The Balaban J connectivity index is 1.64. The number of rotatable bonds is 5. The van der Waals surface area contributed by atoms with Gasteiger partial charge in [-0.25, -0.2) is 9.97 Å². The predicted octanol–water partition coefficient (Wildman–Crippen LogP) is -0.394. The number of phenols is 1. The van der Waals surface area contributed by atoms with Gasteiger partial charge in [0.05, 0.1) is 35.6 Å². The fourth-order valence-electron chi connectivity index (χ4n) is 6.66. The average Bonchev–Trinajstić information content (AvgIpc) is 2.88. The highest BCUT2D eigenvalue weighted by molar-refractivity contribution is 6.32. The maximum atomic E-state index is 14.0. The molecule has 1 heterocycles. The number of anilines is 3. The number of phenolic OH excluding ortho intramolecular Hbond substituents is 1. The van der Waals surface area contributed by atoms with Crippen molar-refractivity contribution in [3.05, 3.63) is 35.5 Å². The Morgan fingerprint density at radius 1 is 1.12 bits per heavy atom. The van der Waals surface area contributed by atoms with Crippen LogP contribution in [0.3, 0.4) is 0 Å². The zero-order valence-corrected chi connectivity index (χ0v) is 22.7. The third-order valence-corrected chi connectivity index (χ3v) is 8.40. The lowest BCUT2D eigenvalue weighted by Gasteiger charge is -2.52. The van der Waals surface area contributed by atoms with Gasteiger partial charge in [-0.05, 0) is 44.5 Å². The molecule has 0 saturated heterocycles. The number of fused-ring (bicyclic) bond motifs is 3. The van der Waals surface area contributed by atoms with Crippen LogP contribution in [-0.4, -0.2) is 94.0 Å². The Hall–Kier alpha value is -4.30. The van der Waals surface area contributed by atoms with Crippen molar-refractivity contribution in [3.63, 3.8) is 0 Å². The summed E-state index contributed by atoms with van der Waals surface area (Å²) >= 11 is 0. The van der Waals surface area contributed by atoms with E-state index in [2.05, 4.69) is 15.3 Å². The van der Waals surface area contributed by atoms with Gasteiger partial charge in [0.25, 0.3) is 0 Å². The Bertz CT molecular complexity index is 1510. The minimum atomic E-state index is -2.81. The number of hydrogen-bond acceptors (Lipinski definition) is 12.